The molecule has 2 N–H and O–H groups in total. The smallest absolute Gasteiger partial charge is 0.277 e. The van der Waals surface area contributed by atoms with E-state index < -0.39 is 5.91 Å². The van der Waals surface area contributed by atoms with E-state index in [0.29, 0.717) is 27.4 Å². The third-order valence-electron chi connectivity index (χ3n) is 5.29. The first-order valence-electron chi connectivity index (χ1n) is 10.4. The summed E-state index contributed by atoms with van der Waals surface area (Å²) in [6, 6.07) is 18.1. The minimum Gasteiger partial charge on any atom is -0.396 e. The zero-order valence-corrected chi connectivity index (χ0v) is 19.1. The zero-order chi connectivity index (χ0) is 23.4. The summed E-state index contributed by atoms with van der Waals surface area (Å²) in [4.78, 5) is 31.1. The Kier molecular flexibility index (Phi) is 7.08. The Morgan fingerprint density at radius 1 is 1.03 bits per heavy atom. The molecular formula is C25H21Cl2N3O3. The molecule has 0 unspecified atom stereocenters. The van der Waals surface area contributed by atoms with Crippen molar-refractivity contribution in [1.82, 2.24) is 14.9 Å². The Morgan fingerprint density at radius 2 is 1.82 bits per heavy atom. The van der Waals surface area contributed by atoms with E-state index in [2.05, 4.69) is 10.3 Å². The molecule has 2 aromatic carbocycles. The number of amides is 1. The minimum absolute atomic E-state index is 0.113. The van der Waals surface area contributed by atoms with Crippen molar-refractivity contribution < 1.29 is 9.90 Å². The lowest BCUT2D eigenvalue weighted by molar-refractivity contribution is 0.0940. The molecule has 4 rings (SSSR count). The molecule has 0 aliphatic heterocycles. The van der Waals surface area contributed by atoms with Crippen molar-refractivity contribution in [3.05, 3.63) is 98.5 Å². The second-order valence-corrected chi connectivity index (χ2v) is 8.27. The second-order valence-electron chi connectivity index (χ2n) is 7.45. The van der Waals surface area contributed by atoms with Crippen LogP contribution in [0.3, 0.4) is 0 Å². The normalized spacial score (nSPS) is 11.0. The second kappa shape index (κ2) is 10.2. The van der Waals surface area contributed by atoms with Gasteiger partial charge in [-0.05, 0) is 35.7 Å². The average Bonchev–Trinajstić information content (AvgIpc) is 2.84. The van der Waals surface area contributed by atoms with Gasteiger partial charge in [0, 0.05) is 36.8 Å². The Labute approximate surface area is 200 Å². The van der Waals surface area contributed by atoms with E-state index in [0.717, 1.165) is 11.1 Å². The highest BCUT2D eigenvalue weighted by Crippen LogP contribution is 2.30. The molecule has 4 aromatic rings. The van der Waals surface area contributed by atoms with E-state index in [-0.39, 0.29) is 36.5 Å². The monoisotopic (exact) mass is 481 g/mol. The van der Waals surface area contributed by atoms with Crippen molar-refractivity contribution in [2.45, 2.75) is 19.5 Å². The fraction of sp³-hybridized carbons (Fsp3) is 0.160. The number of fused-ring (bicyclic) bond motifs is 1. The molecule has 1 amide bonds. The van der Waals surface area contributed by atoms with Gasteiger partial charge in [0.25, 0.3) is 11.5 Å². The maximum absolute atomic E-state index is 13.5. The Hall–Kier alpha value is -3.19. The summed E-state index contributed by atoms with van der Waals surface area (Å²) in [6.07, 6.45) is 1.87. The molecule has 0 atom stereocenters. The number of aliphatic hydroxyl groups is 1. The predicted octanol–water partition coefficient (Wildman–Crippen LogP) is 4.68. The largest absolute Gasteiger partial charge is 0.396 e. The van der Waals surface area contributed by atoms with Crippen molar-refractivity contribution in [3.63, 3.8) is 0 Å². The summed E-state index contributed by atoms with van der Waals surface area (Å²) < 4.78 is 1.40. The fourth-order valence-electron chi connectivity index (χ4n) is 3.76. The molecule has 0 aliphatic carbocycles. The Morgan fingerprint density at radius 3 is 2.55 bits per heavy atom. The van der Waals surface area contributed by atoms with Crippen LogP contribution in [0.1, 0.15) is 22.5 Å². The number of rotatable bonds is 7. The SMILES string of the molecule is O=C(NCc1ccc(Cl)c(Cl)c1)c1c(-c2ccccc2)c2cccnc2c(=O)n1CCCO. The molecule has 0 saturated carbocycles. The highest BCUT2D eigenvalue weighted by atomic mass is 35.5. The number of halogens is 2. The first-order chi connectivity index (χ1) is 16.0. The molecule has 6 nitrogen and oxygen atoms in total. The highest BCUT2D eigenvalue weighted by Gasteiger charge is 2.23. The number of nitrogens with one attached hydrogen (secondary N) is 1. The van der Waals surface area contributed by atoms with Crippen molar-refractivity contribution in [2.24, 2.45) is 0 Å². The molecule has 0 spiro atoms. The molecule has 0 radical (unpaired) electrons. The molecule has 8 heteroatoms. The standard InChI is InChI=1S/C25H21Cl2N3O3/c26-19-10-9-16(14-20(19)27)15-29-24(32)23-21(17-6-2-1-3-7-17)18-8-4-11-28-22(18)25(33)30(23)12-5-13-31/h1-4,6-11,14,31H,5,12-13,15H2,(H,29,32). The van der Waals surface area contributed by atoms with Crippen LogP contribution in [0.5, 0.6) is 0 Å². The topological polar surface area (TPSA) is 84.2 Å². The molecule has 0 bridgehead atoms. The number of aliphatic hydroxyl groups excluding tert-OH is 1. The van der Waals surface area contributed by atoms with E-state index in [1.807, 2.05) is 30.3 Å². The number of carbonyl (C=O) groups excluding carboxylic acids is 1. The Bertz CT molecular complexity index is 1370. The van der Waals surface area contributed by atoms with Crippen LogP contribution in [0.4, 0.5) is 0 Å². The quantitative estimate of drug-likeness (QED) is 0.401. The van der Waals surface area contributed by atoms with Gasteiger partial charge in [0.1, 0.15) is 11.2 Å². The van der Waals surface area contributed by atoms with Crippen LogP contribution in [-0.2, 0) is 13.1 Å². The van der Waals surface area contributed by atoms with E-state index in [9.17, 15) is 14.7 Å². The van der Waals surface area contributed by atoms with Crippen LogP contribution in [0, 0.1) is 0 Å². The van der Waals surface area contributed by atoms with Crippen LogP contribution in [0.25, 0.3) is 22.0 Å². The van der Waals surface area contributed by atoms with Crippen molar-refractivity contribution in [1.29, 1.82) is 0 Å². The van der Waals surface area contributed by atoms with E-state index in [1.54, 1.807) is 36.5 Å². The van der Waals surface area contributed by atoms with Gasteiger partial charge in [-0.3, -0.25) is 14.6 Å². The number of aromatic nitrogens is 2. The van der Waals surface area contributed by atoms with Crippen LogP contribution in [-0.4, -0.2) is 27.2 Å². The van der Waals surface area contributed by atoms with Gasteiger partial charge in [-0.2, -0.15) is 0 Å². The summed E-state index contributed by atoms with van der Waals surface area (Å²) in [5.41, 5.74) is 2.29. The number of nitrogens with zero attached hydrogens (tertiary/aromatic N) is 2. The van der Waals surface area contributed by atoms with Crippen molar-refractivity contribution in [2.75, 3.05) is 6.61 Å². The lowest BCUT2D eigenvalue weighted by Crippen LogP contribution is -2.34. The summed E-state index contributed by atoms with van der Waals surface area (Å²) in [6.45, 7) is 0.262. The molecule has 33 heavy (non-hydrogen) atoms. The van der Waals surface area contributed by atoms with Crippen molar-refractivity contribution >= 4 is 40.0 Å². The number of hydrogen-bond acceptors (Lipinski definition) is 4. The van der Waals surface area contributed by atoms with Gasteiger partial charge in [0.2, 0.25) is 0 Å². The maximum atomic E-state index is 13.5. The third-order valence-corrected chi connectivity index (χ3v) is 6.02. The van der Waals surface area contributed by atoms with Gasteiger partial charge in [-0.1, -0.05) is 65.7 Å². The molecule has 0 saturated heterocycles. The van der Waals surface area contributed by atoms with Gasteiger partial charge in [-0.15, -0.1) is 0 Å². The number of benzene rings is 2. The lowest BCUT2D eigenvalue weighted by atomic mass is 9.98. The molecule has 168 valence electrons. The minimum atomic E-state index is -0.416. The van der Waals surface area contributed by atoms with Crippen molar-refractivity contribution in [3.8, 4) is 11.1 Å². The van der Waals surface area contributed by atoms with Gasteiger partial charge >= 0.3 is 0 Å². The van der Waals surface area contributed by atoms with E-state index in [1.165, 1.54) is 4.57 Å². The van der Waals surface area contributed by atoms with Crippen LogP contribution >= 0.6 is 23.2 Å². The van der Waals surface area contributed by atoms with E-state index >= 15 is 0 Å². The fourth-order valence-corrected chi connectivity index (χ4v) is 4.08. The number of pyridine rings is 2. The third kappa shape index (κ3) is 4.78. The molecule has 2 aromatic heterocycles. The molecule has 0 aliphatic rings. The number of hydrogen-bond donors (Lipinski definition) is 2. The summed E-state index contributed by atoms with van der Waals surface area (Å²) in [5, 5.41) is 13.7. The molecule has 2 heterocycles. The maximum Gasteiger partial charge on any atom is 0.277 e. The zero-order valence-electron chi connectivity index (χ0n) is 17.6. The molecule has 0 fully saturated rings. The highest BCUT2D eigenvalue weighted by molar-refractivity contribution is 6.42. The van der Waals surface area contributed by atoms with E-state index in [4.69, 9.17) is 23.2 Å². The van der Waals surface area contributed by atoms with Gasteiger partial charge in [-0.25, -0.2) is 0 Å². The van der Waals surface area contributed by atoms with Crippen LogP contribution < -0.4 is 10.9 Å². The average molecular weight is 482 g/mol. The Balaban J connectivity index is 1.87. The van der Waals surface area contributed by atoms with Gasteiger partial charge in [0.15, 0.2) is 0 Å². The van der Waals surface area contributed by atoms with Crippen LogP contribution in [0.15, 0.2) is 71.7 Å². The van der Waals surface area contributed by atoms with Gasteiger partial charge in [0.05, 0.1) is 10.0 Å². The van der Waals surface area contributed by atoms with Gasteiger partial charge < -0.3 is 15.0 Å². The predicted molar refractivity (Wildman–Crippen MR) is 131 cm³/mol. The molecular weight excluding hydrogens is 461 g/mol. The first-order valence-corrected chi connectivity index (χ1v) is 11.2. The number of carbonyl (C=O) groups is 1. The lowest BCUT2D eigenvalue weighted by Gasteiger charge is -2.19. The first kappa shape index (κ1) is 23.0. The summed E-state index contributed by atoms with van der Waals surface area (Å²) in [7, 11) is 0. The summed E-state index contributed by atoms with van der Waals surface area (Å²) >= 11 is 12.1. The summed E-state index contributed by atoms with van der Waals surface area (Å²) in [5.74, 6) is -0.416. The van der Waals surface area contributed by atoms with Crippen LogP contribution in [0.2, 0.25) is 10.0 Å².